The van der Waals surface area contributed by atoms with E-state index < -0.39 is 5.97 Å². The van der Waals surface area contributed by atoms with E-state index in [4.69, 9.17) is 4.74 Å². The van der Waals surface area contributed by atoms with Crippen LogP contribution in [-0.4, -0.2) is 23.8 Å². The van der Waals surface area contributed by atoms with Crippen molar-refractivity contribution in [3.05, 3.63) is 0 Å². The van der Waals surface area contributed by atoms with Crippen molar-refractivity contribution in [2.45, 2.75) is 58.5 Å². The van der Waals surface area contributed by atoms with E-state index in [1.807, 2.05) is 0 Å². The molecular formula is C13H24O3. The highest BCUT2D eigenvalue weighted by Gasteiger charge is 2.34. The summed E-state index contributed by atoms with van der Waals surface area (Å²) in [5.74, 6) is -0.334. The van der Waals surface area contributed by atoms with Crippen LogP contribution in [0.2, 0.25) is 0 Å². The van der Waals surface area contributed by atoms with E-state index in [-0.39, 0.29) is 5.92 Å². The van der Waals surface area contributed by atoms with Crippen molar-refractivity contribution in [2.75, 3.05) is 6.61 Å². The number of ether oxygens (including phenoxy) is 1. The average Bonchev–Trinajstić information content (AvgIpc) is 3.05. The van der Waals surface area contributed by atoms with Crippen LogP contribution >= 0.6 is 0 Å². The zero-order chi connectivity index (χ0) is 12.0. The Labute approximate surface area is 98.2 Å². The van der Waals surface area contributed by atoms with Gasteiger partial charge in [-0.3, -0.25) is 4.79 Å². The maximum Gasteiger partial charge on any atom is 0.306 e. The monoisotopic (exact) mass is 228 g/mol. The molecule has 3 unspecified atom stereocenters. The quantitative estimate of drug-likeness (QED) is 0.617. The average molecular weight is 228 g/mol. The van der Waals surface area contributed by atoms with E-state index in [0.29, 0.717) is 12.0 Å². The Morgan fingerprint density at radius 3 is 2.50 bits per heavy atom. The smallest absolute Gasteiger partial charge is 0.306 e. The van der Waals surface area contributed by atoms with Crippen LogP contribution < -0.4 is 0 Å². The topological polar surface area (TPSA) is 49.8 Å². The van der Waals surface area contributed by atoms with Gasteiger partial charge in [-0.15, -0.1) is 0 Å². The molecule has 0 bridgehead atoms. The molecule has 1 rings (SSSR count). The number of carbonyl (C=O) groups is 1. The SMILES string of the molecule is CCCCC(CC(CCC)C1CO1)C(=O)O. The van der Waals surface area contributed by atoms with Crippen LogP contribution in [0.4, 0.5) is 0 Å². The molecule has 0 amide bonds. The third-order valence-corrected chi connectivity index (χ3v) is 3.39. The molecule has 0 aromatic rings. The molecule has 0 radical (unpaired) electrons. The predicted molar refractivity (Wildman–Crippen MR) is 63.4 cm³/mol. The molecule has 0 aliphatic carbocycles. The highest BCUT2D eigenvalue weighted by Crippen LogP contribution is 2.31. The van der Waals surface area contributed by atoms with E-state index >= 15 is 0 Å². The Morgan fingerprint density at radius 1 is 1.38 bits per heavy atom. The lowest BCUT2D eigenvalue weighted by Gasteiger charge is -2.18. The molecule has 0 aromatic heterocycles. The van der Waals surface area contributed by atoms with Gasteiger partial charge in [0, 0.05) is 0 Å². The van der Waals surface area contributed by atoms with Crippen LogP contribution in [0.5, 0.6) is 0 Å². The van der Waals surface area contributed by atoms with Gasteiger partial charge in [0.25, 0.3) is 0 Å². The molecule has 1 fully saturated rings. The minimum atomic E-state index is -0.629. The molecule has 1 aliphatic heterocycles. The lowest BCUT2D eigenvalue weighted by Crippen LogP contribution is -2.21. The van der Waals surface area contributed by atoms with Gasteiger partial charge in [-0.1, -0.05) is 33.1 Å². The standard InChI is InChI=1S/C13H24O3/c1-3-5-7-11(13(14)15)8-10(6-4-2)12-9-16-12/h10-12H,3-9H2,1-2H3,(H,14,15). The molecule has 94 valence electrons. The Kier molecular flexibility index (Phi) is 5.81. The lowest BCUT2D eigenvalue weighted by molar-refractivity contribution is -0.142. The van der Waals surface area contributed by atoms with E-state index in [1.165, 1.54) is 0 Å². The third kappa shape index (κ3) is 4.52. The fraction of sp³-hybridized carbons (Fsp3) is 0.923. The first-order valence-corrected chi connectivity index (χ1v) is 6.53. The lowest BCUT2D eigenvalue weighted by atomic mass is 9.86. The van der Waals surface area contributed by atoms with Crippen LogP contribution in [-0.2, 0) is 9.53 Å². The second-order valence-electron chi connectivity index (χ2n) is 4.83. The van der Waals surface area contributed by atoms with Crippen molar-refractivity contribution >= 4 is 5.97 Å². The van der Waals surface area contributed by atoms with E-state index in [2.05, 4.69) is 13.8 Å². The summed E-state index contributed by atoms with van der Waals surface area (Å²) in [5, 5.41) is 9.18. The van der Waals surface area contributed by atoms with Gasteiger partial charge in [-0.2, -0.15) is 0 Å². The molecule has 0 saturated carbocycles. The molecule has 3 heteroatoms. The largest absolute Gasteiger partial charge is 0.481 e. The Bertz CT molecular complexity index is 211. The maximum absolute atomic E-state index is 11.1. The summed E-state index contributed by atoms with van der Waals surface area (Å²) in [6.45, 7) is 5.09. The van der Waals surface area contributed by atoms with Gasteiger partial charge in [0.05, 0.1) is 18.6 Å². The number of hydrogen-bond acceptors (Lipinski definition) is 2. The zero-order valence-electron chi connectivity index (χ0n) is 10.4. The first kappa shape index (κ1) is 13.5. The number of aliphatic carboxylic acids is 1. The number of rotatable bonds is 9. The Hall–Kier alpha value is -0.570. The van der Waals surface area contributed by atoms with Crippen LogP contribution in [0.1, 0.15) is 52.4 Å². The number of hydrogen-bond donors (Lipinski definition) is 1. The number of epoxide rings is 1. The molecule has 0 spiro atoms. The highest BCUT2D eigenvalue weighted by molar-refractivity contribution is 5.69. The summed E-state index contributed by atoms with van der Waals surface area (Å²) in [6, 6.07) is 0. The van der Waals surface area contributed by atoms with Crippen LogP contribution in [0.3, 0.4) is 0 Å². The van der Waals surface area contributed by atoms with Crippen molar-refractivity contribution in [3.8, 4) is 0 Å². The van der Waals surface area contributed by atoms with E-state index in [9.17, 15) is 9.90 Å². The van der Waals surface area contributed by atoms with Crippen molar-refractivity contribution in [1.82, 2.24) is 0 Å². The fourth-order valence-corrected chi connectivity index (χ4v) is 2.31. The molecule has 1 heterocycles. The van der Waals surface area contributed by atoms with E-state index in [1.54, 1.807) is 0 Å². The summed E-state index contributed by atoms with van der Waals surface area (Å²) < 4.78 is 5.32. The van der Waals surface area contributed by atoms with Crippen molar-refractivity contribution in [1.29, 1.82) is 0 Å². The maximum atomic E-state index is 11.1. The third-order valence-electron chi connectivity index (χ3n) is 3.39. The van der Waals surface area contributed by atoms with Gasteiger partial charge in [0.1, 0.15) is 0 Å². The molecule has 16 heavy (non-hydrogen) atoms. The van der Waals surface area contributed by atoms with E-state index in [0.717, 1.165) is 45.1 Å². The van der Waals surface area contributed by atoms with Gasteiger partial charge in [-0.25, -0.2) is 0 Å². The molecule has 0 aromatic carbocycles. The van der Waals surface area contributed by atoms with Crippen LogP contribution in [0.15, 0.2) is 0 Å². The molecule has 1 saturated heterocycles. The number of carboxylic acid groups (broad SMARTS) is 1. The molecule has 1 N–H and O–H groups in total. The first-order valence-electron chi connectivity index (χ1n) is 6.53. The summed E-state index contributed by atoms with van der Waals surface area (Å²) in [7, 11) is 0. The van der Waals surface area contributed by atoms with Crippen molar-refractivity contribution in [2.24, 2.45) is 11.8 Å². The molecule has 3 nitrogen and oxygen atoms in total. The molecular weight excluding hydrogens is 204 g/mol. The summed E-state index contributed by atoms with van der Waals surface area (Å²) >= 11 is 0. The zero-order valence-corrected chi connectivity index (χ0v) is 10.4. The number of unbranched alkanes of at least 4 members (excludes halogenated alkanes) is 1. The summed E-state index contributed by atoms with van der Waals surface area (Å²) in [4.78, 5) is 11.1. The van der Waals surface area contributed by atoms with Gasteiger partial charge < -0.3 is 9.84 Å². The van der Waals surface area contributed by atoms with Crippen molar-refractivity contribution < 1.29 is 14.6 Å². The summed E-state index contributed by atoms with van der Waals surface area (Å²) in [5.41, 5.74) is 0. The number of carboxylic acids is 1. The van der Waals surface area contributed by atoms with Gasteiger partial charge >= 0.3 is 5.97 Å². The fourth-order valence-electron chi connectivity index (χ4n) is 2.31. The minimum Gasteiger partial charge on any atom is -0.481 e. The second kappa shape index (κ2) is 6.89. The van der Waals surface area contributed by atoms with Crippen molar-refractivity contribution in [3.63, 3.8) is 0 Å². The molecule has 3 atom stereocenters. The Balaban J connectivity index is 2.40. The van der Waals surface area contributed by atoms with Gasteiger partial charge in [0.15, 0.2) is 0 Å². The summed E-state index contributed by atoms with van der Waals surface area (Å²) in [6.07, 6.45) is 6.27. The predicted octanol–water partition coefficient (Wildman–Crippen LogP) is 3.08. The normalized spacial score (nSPS) is 22.8. The van der Waals surface area contributed by atoms with Crippen LogP contribution in [0, 0.1) is 11.8 Å². The highest BCUT2D eigenvalue weighted by atomic mass is 16.6. The van der Waals surface area contributed by atoms with Crippen LogP contribution in [0.25, 0.3) is 0 Å². The molecule has 1 aliphatic rings. The Morgan fingerprint density at radius 2 is 2.06 bits per heavy atom. The van der Waals surface area contributed by atoms with Gasteiger partial charge in [-0.05, 0) is 25.2 Å². The van der Waals surface area contributed by atoms with Gasteiger partial charge in [0.2, 0.25) is 0 Å². The first-order chi connectivity index (χ1) is 7.69. The minimum absolute atomic E-state index is 0.166. The second-order valence-corrected chi connectivity index (χ2v) is 4.83.